The van der Waals surface area contributed by atoms with Crippen LogP contribution < -0.4 is 0 Å². The van der Waals surface area contributed by atoms with Crippen molar-refractivity contribution in [2.75, 3.05) is 0 Å². The van der Waals surface area contributed by atoms with Crippen LogP contribution in [0.1, 0.15) is 0 Å². The molecule has 0 saturated carbocycles. The zero-order valence-electron chi connectivity index (χ0n) is 33.1. The molecule has 0 amide bonds. The Balaban J connectivity index is 0.936. The maximum absolute atomic E-state index is 5.26. The van der Waals surface area contributed by atoms with Crippen LogP contribution in [0.2, 0.25) is 0 Å². The van der Waals surface area contributed by atoms with Gasteiger partial charge in [0.05, 0.1) is 11.4 Å². The molecule has 12 aromatic rings. The minimum atomic E-state index is 0.704. The SMILES string of the molecule is c1ccc(-c2nc(-c3ccc(-c4ccc(-c5c6ccccc6cc6c5ccc5ccccc56)cc4)cc3)cc(-c3ccccc3-c3cccc4sc5ccccc5c34)n2)cc1. The number of fused-ring (bicyclic) bond motifs is 7. The van der Waals surface area contributed by atoms with Crippen molar-refractivity contribution in [3.63, 3.8) is 0 Å². The third kappa shape index (κ3) is 6.09. The first-order valence-corrected chi connectivity index (χ1v) is 21.5. The van der Waals surface area contributed by atoms with Crippen molar-refractivity contribution >= 4 is 63.8 Å². The lowest BCUT2D eigenvalue weighted by Crippen LogP contribution is -1.97. The maximum atomic E-state index is 5.26. The molecule has 0 fully saturated rings. The molecule has 2 aromatic heterocycles. The fourth-order valence-electron chi connectivity index (χ4n) is 9.18. The Hall–Kier alpha value is -7.72. The fourth-order valence-corrected chi connectivity index (χ4v) is 10.3. The Kier molecular flexibility index (Phi) is 8.39. The Morgan fingerprint density at radius 2 is 0.885 bits per heavy atom. The number of aromatic nitrogens is 2. The van der Waals surface area contributed by atoms with Gasteiger partial charge in [-0.2, -0.15) is 0 Å². The Labute approximate surface area is 357 Å². The second kappa shape index (κ2) is 14.5. The Bertz CT molecular complexity index is 3620. The summed E-state index contributed by atoms with van der Waals surface area (Å²) in [5.41, 5.74) is 12.1. The first-order chi connectivity index (χ1) is 30.2. The van der Waals surface area contributed by atoms with Crippen LogP contribution in [0.15, 0.2) is 218 Å². The summed E-state index contributed by atoms with van der Waals surface area (Å²) < 4.78 is 2.58. The Morgan fingerprint density at radius 1 is 0.295 bits per heavy atom. The van der Waals surface area contributed by atoms with Crippen LogP contribution in [-0.2, 0) is 0 Å². The molecule has 284 valence electrons. The molecular formula is C58H36N2S. The standard InChI is InChI=1S/C58H36N2S/c1-2-14-42(15-3-1)58-59-52(36-53(60-58)47-20-9-8-19-46(47)48-22-12-24-55-57(48)50-21-10-11-23-54(50)61-55)40-29-25-37(26-30-40)38-27-31-41(32-28-38)56-45-18-7-5-16-43(45)35-51-44-17-6-4-13-39(44)33-34-49(51)56/h1-36H. The molecule has 0 aliphatic carbocycles. The van der Waals surface area contributed by atoms with E-state index >= 15 is 0 Å². The molecule has 2 heterocycles. The van der Waals surface area contributed by atoms with Gasteiger partial charge in [-0.25, -0.2) is 9.97 Å². The first kappa shape index (κ1) is 35.2. The van der Waals surface area contributed by atoms with Crippen LogP contribution in [-0.4, -0.2) is 9.97 Å². The van der Waals surface area contributed by atoms with Gasteiger partial charge in [-0.05, 0) is 90.0 Å². The molecule has 2 nitrogen and oxygen atoms in total. The fraction of sp³-hybridized carbons (Fsp3) is 0. The highest BCUT2D eigenvalue weighted by molar-refractivity contribution is 7.25. The summed E-state index contributed by atoms with van der Waals surface area (Å²) in [6, 6.07) is 78.7. The number of hydrogen-bond donors (Lipinski definition) is 0. The lowest BCUT2D eigenvalue weighted by molar-refractivity contribution is 1.18. The number of nitrogens with zero attached hydrogens (tertiary/aromatic N) is 2. The molecule has 0 aliphatic rings. The lowest BCUT2D eigenvalue weighted by Gasteiger charge is -2.15. The zero-order chi connectivity index (χ0) is 40.3. The van der Waals surface area contributed by atoms with Crippen molar-refractivity contribution in [2.24, 2.45) is 0 Å². The normalized spacial score (nSPS) is 11.6. The average molecular weight is 793 g/mol. The predicted molar refractivity (Wildman–Crippen MR) is 260 cm³/mol. The summed E-state index contributed by atoms with van der Waals surface area (Å²) in [6.45, 7) is 0. The van der Waals surface area contributed by atoms with Crippen molar-refractivity contribution in [3.05, 3.63) is 218 Å². The lowest BCUT2D eigenvalue weighted by atomic mass is 9.89. The molecule has 0 saturated heterocycles. The number of rotatable bonds is 6. The van der Waals surface area contributed by atoms with Gasteiger partial charge in [0.25, 0.3) is 0 Å². The summed E-state index contributed by atoms with van der Waals surface area (Å²) in [5, 5.41) is 10.2. The van der Waals surface area contributed by atoms with Crippen LogP contribution in [0.25, 0.3) is 120 Å². The molecule has 0 atom stereocenters. The largest absolute Gasteiger partial charge is 0.228 e. The van der Waals surface area contributed by atoms with Crippen LogP contribution in [0.5, 0.6) is 0 Å². The van der Waals surface area contributed by atoms with E-state index in [1.54, 1.807) is 0 Å². The second-order valence-electron chi connectivity index (χ2n) is 15.7. The van der Waals surface area contributed by atoms with Gasteiger partial charge in [-0.15, -0.1) is 11.3 Å². The summed E-state index contributed by atoms with van der Waals surface area (Å²) in [6.07, 6.45) is 0. The van der Waals surface area contributed by atoms with E-state index in [0.717, 1.165) is 39.2 Å². The molecule has 61 heavy (non-hydrogen) atoms. The Morgan fingerprint density at radius 3 is 1.69 bits per heavy atom. The summed E-state index contributed by atoms with van der Waals surface area (Å²) >= 11 is 1.85. The quantitative estimate of drug-likeness (QED) is 0.124. The number of thiophene rings is 1. The van der Waals surface area contributed by atoms with Gasteiger partial charge in [0.1, 0.15) is 0 Å². The van der Waals surface area contributed by atoms with E-state index in [-0.39, 0.29) is 0 Å². The monoisotopic (exact) mass is 792 g/mol. The summed E-state index contributed by atoms with van der Waals surface area (Å²) in [5.74, 6) is 0.704. The highest BCUT2D eigenvalue weighted by atomic mass is 32.1. The van der Waals surface area contributed by atoms with Crippen LogP contribution in [0, 0.1) is 0 Å². The van der Waals surface area contributed by atoms with E-state index in [1.807, 2.05) is 29.5 Å². The van der Waals surface area contributed by atoms with E-state index in [4.69, 9.17) is 9.97 Å². The van der Waals surface area contributed by atoms with Gasteiger partial charge >= 0.3 is 0 Å². The molecular weight excluding hydrogens is 757 g/mol. The molecule has 0 spiro atoms. The third-order valence-electron chi connectivity index (χ3n) is 12.1. The van der Waals surface area contributed by atoms with Crippen LogP contribution in [0.3, 0.4) is 0 Å². The van der Waals surface area contributed by atoms with Crippen molar-refractivity contribution in [3.8, 4) is 67.3 Å². The van der Waals surface area contributed by atoms with E-state index in [0.29, 0.717) is 5.82 Å². The van der Waals surface area contributed by atoms with Crippen LogP contribution in [0.4, 0.5) is 0 Å². The molecule has 0 N–H and O–H groups in total. The highest BCUT2D eigenvalue weighted by Crippen LogP contribution is 2.44. The molecule has 0 radical (unpaired) electrons. The molecule has 0 unspecified atom stereocenters. The highest BCUT2D eigenvalue weighted by Gasteiger charge is 2.18. The minimum Gasteiger partial charge on any atom is -0.228 e. The van der Waals surface area contributed by atoms with E-state index in [9.17, 15) is 0 Å². The summed E-state index contributed by atoms with van der Waals surface area (Å²) in [4.78, 5) is 10.4. The average Bonchev–Trinajstić information content (AvgIpc) is 3.73. The number of benzene rings is 10. The van der Waals surface area contributed by atoms with Crippen molar-refractivity contribution in [1.82, 2.24) is 9.97 Å². The molecule has 12 rings (SSSR count). The first-order valence-electron chi connectivity index (χ1n) is 20.7. The van der Waals surface area contributed by atoms with Crippen molar-refractivity contribution in [2.45, 2.75) is 0 Å². The zero-order valence-corrected chi connectivity index (χ0v) is 33.9. The maximum Gasteiger partial charge on any atom is 0.160 e. The van der Waals surface area contributed by atoms with Gasteiger partial charge in [0.15, 0.2) is 5.82 Å². The predicted octanol–water partition coefficient (Wildman–Crippen LogP) is 16.3. The van der Waals surface area contributed by atoms with Crippen molar-refractivity contribution < 1.29 is 0 Å². The van der Waals surface area contributed by atoms with Crippen molar-refractivity contribution in [1.29, 1.82) is 0 Å². The third-order valence-corrected chi connectivity index (χ3v) is 13.2. The van der Waals surface area contributed by atoms with Gasteiger partial charge in [-0.1, -0.05) is 194 Å². The second-order valence-corrected chi connectivity index (χ2v) is 16.7. The summed E-state index contributed by atoms with van der Waals surface area (Å²) in [7, 11) is 0. The van der Waals surface area contributed by atoms with E-state index < -0.39 is 0 Å². The smallest absolute Gasteiger partial charge is 0.160 e. The molecule has 3 heteroatoms. The van der Waals surface area contributed by atoms with E-state index in [1.165, 1.54) is 74.7 Å². The van der Waals surface area contributed by atoms with Gasteiger partial charge in [-0.3, -0.25) is 0 Å². The molecule has 0 bridgehead atoms. The van der Waals surface area contributed by atoms with Crippen LogP contribution >= 0.6 is 11.3 Å². The molecule has 0 aliphatic heterocycles. The van der Waals surface area contributed by atoms with Gasteiger partial charge in [0, 0.05) is 36.9 Å². The van der Waals surface area contributed by atoms with Gasteiger partial charge in [0.2, 0.25) is 0 Å². The number of hydrogen-bond acceptors (Lipinski definition) is 3. The van der Waals surface area contributed by atoms with E-state index in [2.05, 4.69) is 200 Å². The van der Waals surface area contributed by atoms with Gasteiger partial charge < -0.3 is 0 Å². The minimum absolute atomic E-state index is 0.704. The molecule has 10 aromatic carbocycles. The topological polar surface area (TPSA) is 25.8 Å².